The molecule has 0 bridgehead atoms. The normalized spacial score (nSPS) is 11.2. The molecule has 1 atom stereocenters. The van der Waals surface area contributed by atoms with Crippen LogP contribution in [0, 0.1) is 12.8 Å². The van der Waals surface area contributed by atoms with Gasteiger partial charge >= 0.3 is 0 Å². The maximum atomic E-state index is 12.3. The second-order valence-electron chi connectivity index (χ2n) is 5.91. The van der Waals surface area contributed by atoms with Crippen molar-refractivity contribution in [2.45, 2.75) is 33.2 Å². The standard InChI is InChI=1S/C18H23N3O.2ClH/c1-12(2)17(18-13(3)5-4-10-20-18)21-16(22)11-14-6-8-15(19)9-7-14;;/h4-10,12,17H,11,19H2,1-3H3,(H,21,22);2*1H. The minimum atomic E-state index is -0.0810. The fourth-order valence-corrected chi connectivity index (χ4v) is 2.42. The summed E-state index contributed by atoms with van der Waals surface area (Å²) in [6.45, 7) is 6.19. The molecule has 1 unspecified atom stereocenters. The maximum absolute atomic E-state index is 12.3. The van der Waals surface area contributed by atoms with Gasteiger partial charge in [-0.05, 0) is 42.2 Å². The van der Waals surface area contributed by atoms with Gasteiger partial charge in [0.2, 0.25) is 5.91 Å². The number of nitrogens with zero attached hydrogens (tertiary/aromatic N) is 1. The van der Waals surface area contributed by atoms with Gasteiger partial charge in [-0.1, -0.05) is 32.0 Å². The molecule has 0 aliphatic carbocycles. The van der Waals surface area contributed by atoms with E-state index in [2.05, 4.69) is 24.1 Å². The lowest BCUT2D eigenvalue weighted by atomic mass is 9.97. The molecule has 6 heteroatoms. The van der Waals surface area contributed by atoms with Crippen LogP contribution < -0.4 is 11.1 Å². The second-order valence-corrected chi connectivity index (χ2v) is 5.91. The Balaban J connectivity index is 0.00000264. The van der Waals surface area contributed by atoms with Crippen molar-refractivity contribution in [3.63, 3.8) is 0 Å². The van der Waals surface area contributed by atoms with Gasteiger partial charge in [-0.2, -0.15) is 0 Å². The Bertz CT molecular complexity index is 645. The Labute approximate surface area is 156 Å². The molecule has 2 aromatic rings. The van der Waals surface area contributed by atoms with Crippen LogP contribution in [0.5, 0.6) is 0 Å². The zero-order chi connectivity index (χ0) is 16.1. The molecule has 0 radical (unpaired) electrons. The summed E-state index contributed by atoms with van der Waals surface area (Å²) in [5, 5.41) is 3.10. The number of carbonyl (C=O) groups excluding carboxylic acids is 1. The molecular weight excluding hydrogens is 345 g/mol. The lowest BCUT2D eigenvalue weighted by molar-refractivity contribution is -0.121. The summed E-state index contributed by atoms with van der Waals surface area (Å²) in [5.74, 6) is 0.262. The van der Waals surface area contributed by atoms with Crippen molar-refractivity contribution < 1.29 is 4.79 Å². The van der Waals surface area contributed by atoms with Crippen molar-refractivity contribution in [3.05, 3.63) is 59.4 Å². The van der Waals surface area contributed by atoms with Crippen molar-refractivity contribution in [3.8, 4) is 0 Å². The highest BCUT2D eigenvalue weighted by atomic mass is 35.5. The number of amides is 1. The third-order valence-corrected chi connectivity index (χ3v) is 3.67. The van der Waals surface area contributed by atoms with Crippen molar-refractivity contribution >= 4 is 36.4 Å². The summed E-state index contributed by atoms with van der Waals surface area (Å²) < 4.78 is 0. The zero-order valence-electron chi connectivity index (χ0n) is 14.2. The van der Waals surface area contributed by atoms with Gasteiger partial charge in [0.05, 0.1) is 18.2 Å². The van der Waals surface area contributed by atoms with Crippen LogP contribution in [0.25, 0.3) is 0 Å². The molecule has 132 valence electrons. The van der Waals surface area contributed by atoms with E-state index < -0.39 is 0 Å². The number of hydrogen-bond acceptors (Lipinski definition) is 3. The lowest BCUT2D eigenvalue weighted by Crippen LogP contribution is -2.33. The summed E-state index contributed by atoms with van der Waals surface area (Å²) >= 11 is 0. The van der Waals surface area contributed by atoms with Gasteiger partial charge < -0.3 is 11.1 Å². The van der Waals surface area contributed by atoms with E-state index in [0.29, 0.717) is 12.1 Å². The van der Waals surface area contributed by atoms with E-state index in [4.69, 9.17) is 5.73 Å². The fourth-order valence-electron chi connectivity index (χ4n) is 2.42. The average Bonchev–Trinajstić information content (AvgIpc) is 2.48. The van der Waals surface area contributed by atoms with Crippen LogP contribution in [-0.4, -0.2) is 10.9 Å². The quantitative estimate of drug-likeness (QED) is 0.785. The Morgan fingerprint density at radius 3 is 2.33 bits per heavy atom. The van der Waals surface area contributed by atoms with Gasteiger partial charge in [0.25, 0.3) is 0 Å². The van der Waals surface area contributed by atoms with Crippen molar-refractivity contribution in [2.75, 3.05) is 5.73 Å². The minimum absolute atomic E-state index is 0. The number of anilines is 1. The van der Waals surface area contributed by atoms with E-state index in [9.17, 15) is 4.79 Å². The highest BCUT2D eigenvalue weighted by Crippen LogP contribution is 2.22. The third-order valence-electron chi connectivity index (χ3n) is 3.67. The third kappa shape index (κ3) is 6.02. The number of rotatable bonds is 5. The molecule has 24 heavy (non-hydrogen) atoms. The van der Waals surface area contributed by atoms with Crippen LogP contribution in [-0.2, 0) is 11.2 Å². The van der Waals surface area contributed by atoms with Gasteiger partial charge in [-0.15, -0.1) is 24.8 Å². The molecule has 4 nitrogen and oxygen atoms in total. The molecule has 0 aliphatic rings. The van der Waals surface area contributed by atoms with Crippen molar-refractivity contribution in [2.24, 2.45) is 5.92 Å². The van der Waals surface area contributed by atoms with Gasteiger partial charge in [-0.3, -0.25) is 9.78 Å². The minimum Gasteiger partial charge on any atom is -0.399 e. The van der Waals surface area contributed by atoms with Gasteiger partial charge in [-0.25, -0.2) is 0 Å². The molecule has 2 rings (SSSR count). The molecule has 1 amide bonds. The number of aryl methyl sites for hydroxylation is 1. The predicted octanol–water partition coefficient (Wildman–Crippen LogP) is 3.87. The molecule has 0 aliphatic heterocycles. The van der Waals surface area contributed by atoms with Crippen LogP contribution >= 0.6 is 24.8 Å². The molecule has 1 heterocycles. The average molecular weight is 370 g/mol. The smallest absolute Gasteiger partial charge is 0.224 e. The maximum Gasteiger partial charge on any atom is 0.224 e. The van der Waals surface area contributed by atoms with E-state index in [-0.39, 0.29) is 42.7 Å². The summed E-state index contributed by atoms with van der Waals surface area (Å²) in [4.78, 5) is 16.8. The first-order valence-electron chi connectivity index (χ1n) is 7.52. The van der Waals surface area contributed by atoms with E-state index in [1.807, 2.05) is 43.3 Å². The number of carbonyl (C=O) groups is 1. The highest BCUT2D eigenvalue weighted by molar-refractivity contribution is 5.85. The molecule has 0 saturated carbocycles. The molecular formula is C18H25Cl2N3O. The zero-order valence-corrected chi connectivity index (χ0v) is 15.8. The Morgan fingerprint density at radius 2 is 1.79 bits per heavy atom. The number of aromatic nitrogens is 1. The first-order valence-corrected chi connectivity index (χ1v) is 7.52. The van der Waals surface area contributed by atoms with E-state index in [1.165, 1.54) is 0 Å². The summed E-state index contributed by atoms with van der Waals surface area (Å²) in [7, 11) is 0. The highest BCUT2D eigenvalue weighted by Gasteiger charge is 2.21. The van der Waals surface area contributed by atoms with Crippen molar-refractivity contribution in [1.29, 1.82) is 0 Å². The van der Waals surface area contributed by atoms with E-state index in [0.717, 1.165) is 16.8 Å². The Hall–Kier alpha value is -1.78. The summed E-state index contributed by atoms with van der Waals surface area (Å²) in [6.07, 6.45) is 2.11. The van der Waals surface area contributed by atoms with Crippen LogP contribution in [0.3, 0.4) is 0 Å². The number of nitrogens with one attached hydrogen (secondary N) is 1. The lowest BCUT2D eigenvalue weighted by Gasteiger charge is -2.23. The molecule has 0 fully saturated rings. The van der Waals surface area contributed by atoms with E-state index in [1.54, 1.807) is 6.20 Å². The van der Waals surface area contributed by atoms with Crippen LogP contribution in [0.15, 0.2) is 42.6 Å². The largest absolute Gasteiger partial charge is 0.399 e. The number of benzene rings is 1. The molecule has 1 aromatic heterocycles. The number of pyridine rings is 1. The van der Waals surface area contributed by atoms with Crippen molar-refractivity contribution in [1.82, 2.24) is 10.3 Å². The Morgan fingerprint density at radius 1 is 1.17 bits per heavy atom. The van der Waals surface area contributed by atoms with Gasteiger partial charge in [0.15, 0.2) is 0 Å². The molecule has 3 N–H and O–H groups in total. The number of nitrogens with two attached hydrogens (primary N) is 1. The number of hydrogen-bond donors (Lipinski definition) is 2. The predicted molar refractivity (Wildman–Crippen MR) is 104 cm³/mol. The Kier molecular flexibility index (Phi) is 9.41. The topological polar surface area (TPSA) is 68.0 Å². The first-order chi connectivity index (χ1) is 10.5. The van der Waals surface area contributed by atoms with E-state index >= 15 is 0 Å². The first kappa shape index (κ1) is 22.2. The molecule has 0 saturated heterocycles. The summed E-state index contributed by atoms with van der Waals surface area (Å²) in [5.41, 5.74) is 9.34. The van der Waals surface area contributed by atoms with Crippen LogP contribution in [0.4, 0.5) is 5.69 Å². The monoisotopic (exact) mass is 369 g/mol. The van der Waals surface area contributed by atoms with Gasteiger partial charge in [0, 0.05) is 11.9 Å². The summed E-state index contributed by atoms with van der Waals surface area (Å²) in [6, 6.07) is 11.2. The van der Waals surface area contributed by atoms with Gasteiger partial charge in [0.1, 0.15) is 0 Å². The molecule has 1 aromatic carbocycles. The number of halogens is 2. The molecule has 0 spiro atoms. The van der Waals surface area contributed by atoms with Crippen LogP contribution in [0.2, 0.25) is 0 Å². The fraction of sp³-hybridized carbons (Fsp3) is 0.333. The second kappa shape index (κ2) is 10.2. The van der Waals surface area contributed by atoms with Crippen LogP contribution in [0.1, 0.15) is 36.7 Å². The SMILES string of the molecule is Cc1cccnc1C(NC(=O)Cc1ccc(N)cc1)C(C)C.Cl.Cl. The number of nitrogen functional groups attached to an aromatic ring is 1.